The first-order valence-corrected chi connectivity index (χ1v) is 5.72. The fourth-order valence-electron chi connectivity index (χ4n) is 2.29. The lowest BCUT2D eigenvalue weighted by Crippen LogP contribution is -2.40. The van der Waals surface area contributed by atoms with Crippen molar-refractivity contribution in [1.29, 1.82) is 0 Å². The van der Waals surface area contributed by atoms with E-state index in [9.17, 15) is 4.79 Å². The Bertz CT molecular complexity index is 350. The molecule has 0 amide bonds. The molecular formula is C13H16NO2. The van der Waals surface area contributed by atoms with Gasteiger partial charge < -0.3 is 10.0 Å². The first-order chi connectivity index (χ1) is 7.77. The summed E-state index contributed by atoms with van der Waals surface area (Å²) in [6.07, 6.45) is 3.46. The zero-order valence-corrected chi connectivity index (χ0v) is 9.22. The highest BCUT2D eigenvalue weighted by Crippen LogP contribution is 2.25. The van der Waals surface area contributed by atoms with Gasteiger partial charge in [0.1, 0.15) is 0 Å². The van der Waals surface area contributed by atoms with Gasteiger partial charge in [-0.3, -0.25) is 4.79 Å². The summed E-state index contributed by atoms with van der Waals surface area (Å²) >= 11 is 0. The maximum atomic E-state index is 10.8. The van der Waals surface area contributed by atoms with Crippen LogP contribution in [0.4, 0.5) is 5.69 Å². The van der Waals surface area contributed by atoms with Gasteiger partial charge in [-0.2, -0.15) is 0 Å². The van der Waals surface area contributed by atoms with E-state index in [1.807, 2.05) is 24.3 Å². The topological polar surface area (TPSA) is 40.5 Å². The van der Waals surface area contributed by atoms with Gasteiger partial charge in [0.2, 0.25) is 0 Å². The SMILES string of the molecule is O=C(O)CC1CCCCN1c1[c]cccc1. The standard InChI is InChI=1S/C13H16NO2/c15-13(16)10-12-8-4-5-9-14(12)11-6-2-1-3-7-11/h1-3,6,12H,4-5,8-10H2,(H,15,16). The number of benzene rings is 1. The molecule has 0 bridgehead atoms. The molecule has 0 aliphatic carbocycles. The molecule has 1 saturated heterocycles. The molecule has 1 fully saturated rings. The van der Waals surface area contributed by atoms with Gasteiger partial charge in [0.05, 0.1) is 6.42 Å². The lowest BCUT2D eigenvalue weighted by Gasteiger charge is -2.36. The molecule has 0 aromatic heterocycles. The van der Waals surface area contributed by atoms with E-state index in [2.05, 4.69) is 11.0 Å². The van der Waals surface area contributed by atoms with Crippen LogP contribution in [0, 0.1) is 6.07 Å². The monoisotopic (exact) mass is 218 g/mol. The third-order valence-corrected chi connectivity index (χ3v) is 3.04. The molecule has 0 saturated carbocycles. The summed E-state index contributed by atoms with van der Waals surface area (Å²) in [5.41, 5.74) is 1.02. The Balaban J connectivity index is 2.13. The van der Waals surface area contributed by atoms with Crippen LogP contribution in [0.5, 0.6) is 0 Å². The molecule has 1 heterocycles. The number of hydrogen-bond donors (Lipinski definition) is 1. The normalized spacial score (nSPS) is 20.8. The van der Waals surface area contributed by atoms with E-state index < -0.39 is 5.97 Å². The highest BCUT2D eigenvalue weighted by Gasteiger charge is 2.24. The molecule has 1 aliphatic rings. The van der Waals surface area contributed by atoms with Gasteiger partial charge in [0.25, 0.3) is 0 Å². The number of anilines is 1. The fraction of sp³-hybridized carbons (Fsp3) is 0.462. The largest absolute Gasteiger partial charge is 0.481 e. The molecule has 1 unspecified atom stereocenters. The zero-order chi connectivity index (χ0) is 11.4. The van der Waals surface area contributed by atoms with Gasteiger partial charge in [-0.1, -0.05) is 18.2 Å². The van der Waals surface area contributed by atoms with Crippen LogP contribution in [0.15, 0.2) is 24.3 Å². The molecule has 1 N–H and O–H groups in total. The third kappa shape index (κ3) is 2.54. The van der Waals surface area contributed by atoms with Crippen molar-refractivity contribution < 1.29 is 9.90 Å². The molecule has 1 aromatic rings. The second-order valence-corrected chi connectivity index (χ2v) is 4.19. The number of rotatable bonds is 3. The summed E-state index contributed by atoms with van der Waals surface area (Å²) < 4.78 is 0. The number of carboxylic acid groups (broad SMARTS) is 1. The van der Waals surface area contributed by atoms with E-state index in [-0.39, 0.29) is 12.5 Å². The highest BCUT2D eigenvalue weighted by atomic mass is 16.4. The second kappa shape index (κ2) is 5.01. The van der Waals surface area contributed by atoms with E-state index in [1.165, 1.54) is 0 Å². The van der Waals surface area contributed by atoms with Gasteiger partial charge in [-0.25, -0.2) is 0 Å². The van der Waals surface area contributed by atoms with Crippen molar-refractivity contribution >= 4 is 11.7 Å². The van der Waals surface area contributed by atoms with Crippen LogP contribution in [0.1, 0.15) is 25.7 Å². The van der Waals surface area contributed by atoms with Crippen LogP contribution in [-0.4, -0.2) is 23.7 Å². The van der Waals surface area contributed by atoms with Crippen molar-refractivity contribution in [2.45, 2.75) is 31.7 Å². The number of hydrogen-bond acceptors (Lipinski definition) is 2. The molecular weight excluding hydrogens is 202 g/mol. The highest BCUT2D eigenvalue weighted by molar-refractivity contribution is 5.68. The summed E-state index contributed by atoms with van der Waals surface area (Å²) in [4.78, 5) is 13.0. The van der Waals surface area contributed by atoms with E-state index in [0.29, 0.717) is 0 Å². The molecule has 3 heteroatoms. The van der Waals surface area contributed by atoms with Crippen LogP contribution >= 0.6 is 0 Å². The molecule has 0 spiro atoms. The summed E-state index contributed by atoms with van der Waals surface area (Å²) in [5.74, 6) is -0.715. The van der Waals surface area contributed by atoms with E-state index in [1.54, 1.807) is 0 Å². The first kappa shape index (κ1) is 11.0. The Kier molecular flexibility index (Phi) is 3.44. The summed E-state index contributed by atoms with van der Waals surface area (Å²) in [6.45, 7) is 0.943. The van der Waals surface area contributed by atoms with Gasteiger partial charge in [0, 0.05) is 24.3 Å². The minimum absolute atomic E-state index is 0.130. The quantitative estimate of drug-likeness (QED) is 0.846. The molecule has 16 heavy (non-hydrogen) atoms. The number of aliphatic carboxylic acids is 1. The van der Waals surface area contributed by atoms with Crippen LogP contribution in [0.3, 0.4) is 0 Å². The van der Waals surface area contributed by atoms with Gasteiger partial charge >= 0.3 is 5.97 Å². The fourth-order valence-corrected chi connectivity index (χ4v) is 2.29. The van der Waals surface area contributed by atoms with E-state index in [4.69, 9.17) is 5.11 Å². The predicted molar refractivity (Wildman–Crippen MR) is 62.5 cm³/mol. The Morgan fingerprint density at radius 1 is 1.50 bits per heavy atom. The number of carboxylic acids is 1. The smallest absolute Gasteiger partial charge is 0.305 e. The Hall–Kier alpha value is -1.51. The average Bonchev–Trinajstić information content (AvgIpc) is 2.30. The van der Waals surface area contributed by atoms with Gasteiger partial charge in [-0.15, -0.1) is 0 Å². The van der Waals surface area contributed by atoms with Crippen molar-refractivity contribution in [3.05, 3.63) is 30.3 Å². The van der Waals surface area contributed by atoms with Crippen molar-refractivity contribution in [3.63, 3.8) is 0 Å². The molecule has 1 aromatic carbocycles. The summed E-state index contributed by atoms with van der Waals surface area (Å²) in [6, 6.07) is 11.1. The van der Waals surface area contributed by atoms with Crippen LogP contribution in [0.2, 0.25) is 0 Å². The van der Waals surface area contributed by atoms with Crippen molar-refractivity contribution in [2.24, 2.45) is 0 Å². The Morgan fingerprint density at radius 3 is 3.06 bits per heavy atom. The summed E-state index contributed by atoms with van der Waals surface area (Å²) in [7, 11) is 0. The zero-order valence-electron chi connectivity index (χ0n) is 9.22. The van der Waals surface area contributed by atoms with Crippen LogP contribution in [-0.2, 0) is 4.79 Å². The molecule has 85 valence electrons. The van der Waals surface area contributed by atoms with Crippen molar-refractivity contribution in [1.82, 2.24) is 0 Å². The van der Waals surface area contributed by atoms with Gasteiger partial charge in [0.15, 0.2) is 0 Å². The minimum atomic E-state index is -0.715. The average molecular weight is 218 g/mol. The molecule has 1 aliphatic heterocycles. The lowest BCUT2D eigenvalue weighted by molar-refractivity contribution is -0.137. The van der Waals surface area contributed by atoms with E-state index in [0.717, 1.165) is 31.5 Å². The minimum Gasteiger partial charge on any atom is -0.481 e. The second-order valence-electron chi connectivity index (χ2n) is 4.19. The van der Waals surface area contributed by atoms with E-state index >= 15 is 0 Å². The number of carbonyl (C=O) groups is 1. The number of nitrogens with zero attached hydrogens (tertiary/aromatic N) is 1. The maximum absolute atomic E-state index is 10.8. The van der Waals surface area contributed by atoms with Crippen molar-refractivity contribution in [3.8, 4) is 0 Å². The van der Waals surface area contributed by atoms with Gasteiger partial charge in [-0.05, 0) is 25.3 Å². The first-order valence-electron chi connectivity index (χ1n) is 5.72. The molecule has 3 nitrogen and oxygen atoms in total. The van der Waals surface area contributed by atoms with Crippen LogP contribution < -0.4 is 4.90 Å². The third-order valence-electron chi connectivity index (χ3n) is 3.04. The molecule has 2 rings (SSSR count). The Labute approximate surface area is 95.7 Å². The Morgan fingerprint density at radius 2 is 2.38 bits per heavy atom. The van der Waals surface area contributed by atoms with Crippen LogP contribution in [0.25, 0.3) is 0 Å². The number of piperidine rings is 1. The number of para-hydroxylation sites is 1. The van der Waals surface area contributed by atoms with Crippen molar-refractivity contribution in [2.75, 3.05) is 11.4 Å². The predicted octanol–water partition coefficient (Wildman–Crippen LogP) is 2.32. The molecule has 1 radical (unpaired) electrons. The lowest BCUT2D eigenvalue weighted by atomic mass is 9.98. The molecule has 1 atom stereocenters. The summed E-state index contributed by atoms with van der Waals surface area (Å²) in [5, 5.41) is 8.89. The maximum Gasteiger partial charge on any atom is 0.305 e.